The first-order valence-corrected chi connectivity index (χ1v) is 8.83. The quantitative estimate of drug-likeness (QED) is 0.680. The summed E-state index contributed by atoms with van der Waals surface area (Å²) < 4.78 is 10.8. The number of carbonyl (C=O) groups excluding carboxylic acids is 2. The Labute approximate surface area is 161 Å². The molecule has 0 bridgehead atoms. The van der Waals surface area contributed by atoms with Gasteiger partial charge in [-0.3, -0.25) is 9.59 Å². The second kappa shape index (κ2) is 8.75. The van der Waals surface area contributed by atoms with Gasteiger partial charge in [0.05, 0.1) is 6.10 Å². The van der Waals surface area contributed by atoms with Crippen molar-refractivity contribution in [2.75, 3.05) is 25.1 Å². The van der Waals surface area contributed by atoms with Gasteiger partial charge in [-0.25, -0.2) is 0 Å². The van der Waals surface area contributed by atoms with E-state index in [1.807, 2.05) is 0 Å². The second-order valence-electron chi connectivity index (χ2n) is 5.93. The standard InChI is InChI=1S/C19H19ClN2O5/c20-13-3-1-2-12(10-13)15(23)6-7-21-18(24)19(25)22-14-4-5-16-17(11-14)27-9-8-26-16/h1-5,10-11,15,23H,6-9H2,(H,21,24)(H,22,25)/t15-/m0/s1. The van der Waals surface area contributed by atoms with Gasteiger partial charge >= 0.3 is 11.8 Å². The van der Waals surface area contributed by atoms with Crippen LogP contribution in [0.1, 0.15) is 18.1 Å². The van der Waals surface area contributed by atoms with Crippen LogP contribution in [-0.2, 0) is 9.59 Å². The van der Waals surface area contributed by atoms with Crippen molar-refractivity contribution in [3.63, 3.8) is 0 Å². The molecule has 8 heteroatoms. The molecule has 1 aliphatic heterocycles. The van der Waals surface area contributed by atoms with E-state index in [1.165, 1.54) is 0 Å². The van der Waals surface area contributed by atoms with Gasteiger partial charge in [-0.2, -0.15) is 0 Å². The first-order valence-electron chi connectivity index (χ1n) is 8.45. The number of aliphatic hydroxyl groups is 1. The molecule has 0 radical (unpaired) electrons. The van der Waals surface area contributed by atoms with E-state index >= 15 is 0 Å². The van der Waals surface area contributed by atoms with E-state index in [-0.39, 0.29) is 13.0 Å². The van der Waals surface area contributed by atoms with Crippen molar-refractivity contribution in [2.24, 2.45) is 0 Å². The molecule has 7 nitrogen and oxygen atoms in total. The van der Waals surface area contributed by atoms with Crippen molar-refractivity contribution < 1.29 is 24.2 Å². The molecule has 1 atom stereocenters. The van der Waals surface area contributed by atoms with Crippen molar-refractivity contribution in [3.8, 4) is 11.5 Å². The molecule has 1 heterocycles. The highest BCUT2D eigenvalue weighted by Crippen LogP contribution is 2.32. The molecule has 2 aromatic rings. The molecule has 1 aliphatic rings. The molecule has 0 aromatic heterocycles. The summed E-state index contributed by atoms with van der Waals surface area (Å²) in [6.07, 6.45) is -0.534. The molecule has 3 rings (SSSR count). The van der Waals surface area contributed by atoms with Crippen molar-refractivity contribution in [2.45, 2.75) is 12.5 Å². The van der Waals surface area contributed by atoms with Crippen LogP contribution in [0, 0.1) is 0 Å². The zero-order chi connectivity index (χ0) is 19.2. The van der Waals surface area contributed by atoms with Crippen LogP contribution in [0.15, 0.2) is 42.5 Å². The Balaban J connectivity index is 1.47. The number of anilines is 1. The van der Waals surface area contributed by atoms with Crippen LogP contribution in [0.4, 0.5) is 5.69 Å². The number of halogens is 1. The smallest absolute Gasteiger partial charge is 0.313 e. The van der Waals surface area contributed by atoms with Crippen LogP contribution in [0.2, 0.25) is 5.02 Å². The summed E-state index contributed by atoms with van der Waals surface area (Å²) in [5.41, 5.74) is 1.08. The third kappa shape index (κ3) is 5.12. The lowest BCUT2D eigenvalue weighted by Crippen LogP contribution is -2.36. The summed E-state index contributed by atoms with van der Waals surface area (Å²) in [5, 5.41) is 15.6. The van der Waals surface area contributed by atoms with E-state index in [1.54, 1.807) is 42.5 Å². The fraction of sp³-hybridized carbons (Fsp3) is 0.263. The van der Waals surface area contributed by atoms with Gasteiger partial charge in [0.2, 0.25) is 0 Å². The largest absolute Gasteiger partial charge is 0.486 e. The van der Waals surface area contributed by atoms with Crippen LogP contribution in [-0.4, -0.2) is 36.7 Å². The molecule has 0 saturated carbocycles. The van der Waals surface area contributed by atoms with E-state index in [0.717, 1.165) is 0 Å². The Hall–Kier alpha value is -2.77. The number of aliphatic hydroxyl groups excluding tert-OH is 1. The van der Waals surface area contributed by atoms with E-state index in [0.29, 0.717) is 41.0 Å². The van der Waals surface area contributed by atoms with Crippen molar-refractivity contribution in [3.05, 3.63) is 53.1 Å². The number of hydrogen-bond donors (Lipinski definition) is 3. The Morgan fingerprint density at radius 1 is 1.07 bits per heavy atom. The van der Waals surface area contributed by atoms with Crippen molar-refractivity contribution in [1.82, 2.24) is 5.32 Å². The number of fused-ring (bicyclic) bond motifs is 1. The summed E-state index contributed by atoms with van der Waals surface area (Å²) in [7, 11) is 0. The molecule has 0 unspecified atom stereocenters. The maximum Gasteiger partial charge on any atom is 0.313 e. The fourth-order valence-electron chi connectivity index (χ4n) is 2.59. The Morgan fingerprint density at radius 3 is 2.63 bits per heavy atom. The highest BCUT2D eigenvalue weighted by molar-refractivity contribution is 6.39. The van der Waals surface area contributed by atoms with E-state index < -0.39 is 17.9 Å². The molecule has 0 fully saturated rings. The number of ether oxygens (including phenoxy) is 2. The maximum atomic E-state index is 12.0. The summed E-state index contributed by atoms with van der Waals surface area (Å²) >= 11 is 5.89. The van der Waals surface area contributed by atoms with Crippen molar-refractivity contribution in [1.29, 1.82) is 0 Å². The first kappa shape index (κ1) is 19.0. The average molecular weight is 391 g/mol. The normalized spacial score (nSPS) is 13.6. The summed E-state index contributed by atoms with van der Waals surface area (Å²) in [5.74, 6) is -0.477. The van der Waals surface area contributed by atoms with Crippen molar-refractivity contribution >= 4 is 29.1 Å². The predicted molar refractivity (Wildman–Crippen MR) is 100 cm³/mol. The SMILES string of the molecule is O=C(NCC[C@H](O)c1cccc(Cl)c1)C(=O)Nc1ccc2c(c1)OCCO2. The van der Waals surface area contributed by atoms with Gasteiger partial charge in [0.1, 0.15) is 13.2 Å². The number of nitrogens with one attached hydrogen (secondary N) is 2. The van der Waals surface area contributed by atoms with E-state index in [9.17, 15) is 14.7 Å². The minimum atomic E-state index is -0.802. The van der Waals surface area contributed by atoms with Crippen LogP contribution in [0.3, 0.4) is 0 Å². The molecule has 142 valence electrons. The minimum Gasteiger partial charge on any atom is -0.486 e. The van der Waals surface area contributed by atoms with Gasteiger partial charge in [0.25, 0.3) is 0 Å². The number of rotatable bonds is 5. The zero-order valence-corrected chi connectivity index (χ0v) is 15.2. The van der Waals surface area contributed by atoms with E-state index in [2.05, 4.69) is 10.6 Å². The molecule has 3 N–H and O–H groups in total. The van der Waals surface area contributed by atoms with E-state index in [4.69, 9.17) is 21.1 Å². The Morgan fingerprint density at radius 2 is 1.85 bits per heavy atom. The lowest BCUT2D eigenvalue weighted by molar-refractivity contribution is -0.136. The Bertz CT molecular complexity index is 843. The molecular weight excluding hydrogens is 372 g/mol. The third-order valence-corrected chi connectivity index (χ3v) is 4.18. The second-order valence-corrected chi connectivity index (χ2v) is 6.36. The van der Waals surface area contributed by atoms with Crippen LogP contribution >= 0.6 is 11.6 Å². The molecule has 0 saturated heterocycles. The average Bonchev–Trinajstić information content (AvgIpc) is 2.67. The van der Waals surface area contributed by atoms with Gasteiger partial charge in [0, 0.05) is 23.3 Å². The number of amides is 2. The van der Waals surface area contributed by atoms with Crippen LogP contribution < -0.4 is 20.1 Å². The van der Waals surface area contributed by atoms with Crippen LogP contribution in [0.5, 0.6) is 11.5 Å². The lowest BCUT2D eigenvalue weighted by atomic mass is 10.1. The molecule has 2 amide bonds. The van der Waals surface area contributed by atoms with Gasteiger partial charge in [0.15, 0.2) is 11.5 Å². The summed E-state index contributed by atoms with van der Waals surface area (Å²) in [6.45, 7) is 1.04. The number of hydrogen-bond acceptors (Lipinski definition) is 5. The molecule has 0 aliphatic carbocycles. The van der Waals surface area contributed by atoms with Gasteiger partial charge in [-0.05, 0) is 36.2 Å². The van der Waals surface area contributed by atoms with Crippen LogP contribution in [0.25, 0.3) is 0 Å². The first-order chi connectivity index (χ1) is 13.0. The van der Waals surface area contributed by atoms with Gasteiger partial charge < -0.3 is 25.2 Å². The number of benzene rings is 2. The minimum absolute atomic E-state index is 0.140. The topological polar surface area (TPSA) is 96.9 Å². The Kier molecular flexibility index (Phi) is 6.16. The third-order valence-electron chi connectivity index (χ3n) is 3.94. The van der Waals surface area contributed by atoms with Gasteiger partial charge in [-0.1, -0.05) is 23.7 Å². The molecular formula is C19H19ClN2O5. The monoisotopic (exact) mass is 390 g/mol. The predicted octanol–water partition coefficient (Wildman–Crippen LogP) is 2.29. The lowest BCUT2D eigenvalue weighted by Gasteiger charge is -2.19. The zero-order valence-electron chi connectivity index (χ0n) is 14.4. The maximum absolute atomic E-state index is 12.0. The summed E-state index contributed by atoms with van der Waals surface area (Å²) in [6, 6.07) is 11.7. The fourth-order valence-corrected chi connectivity index (χ4v) is 2.79. The highest BCUT2D eigenvalue weighted by Gasteiger charge is 2.17. The van der Waals surface area contributed by atoms with Gasteiger partial charge in [-0.15, -0.1) is 0 Å². The highest BCUT2D eigenvalue weighted by atomic mass is 35.5. The molecule has 27 heavy (non-hydrogen) atoms. The molecule has 0 spiro atoms. The summed E-state index contributed by atoms with van der Waals surface area (Å²) in [4.78, 5) is 23.9. The number of carbonyl (C=O) groups is 2. The molecule has 2 aromatic carbocycles.